The summed E-state index contributed by atoms with van der Waals surface area (Å²) < 4.78 is 5.33. The standard InChI is InChI=1S/C17H15Cl2N3O3S/c1-10-2-5-12(6-3-10)25-9-15(23)20-17(26)22-21-16(24)13-7-4-11(18)8-14(13)19/h2-8H,9H2,1H3,(H,21,24)(H2,20,22,23,26). The number of ether oxygens (including phenoxy) is 1. The quantitative estimate of drug-likeness (QED) is 0.532. The van der Waals surface area contributed by atoms with Crippen LogP contribution >= 0.6 is 35.4 Å². The Hall–Kier alpha value is -2.35. The molecule has 2 amide bonds. The third-order valence-corrected chi connectivity index (χ3v) is 3.86. The van der Waals surface area contributed by atoms with E-state index in [1.165, 1.54) is 18.2 Å². The second-order valence-corrected chi connectivity index (χ2v) is 6.43. The maximum Gasteiger partial charge on any atom is 0.271 e. The topological polar surface area (TPSA) is 79.5 Å². The van der Waals surface area contributed by atoms with Crippen LogP contribution in [0.1, 0.15) is 15.9 Å². The lowest BCUT2D eigenvalue weighted by Gasteiger charge is -2.12. The Labute approximate surface area is 165 Å². The maximum absolute atomic E-state index is 12.0. The number of carbonyl (C=O) groups excluding carboxylic acids is 2. The number of hydrazine groups is 1. The molecule has 0 fully saturated rings. The molecule has 0 aromatic heterocycles. The molecule has 0 aliphatic carbocycles. The predicted molar refractivity (Wildman–Crippen MR) is 104 cm³/mol. The lowest BCUT2D eigenvalue weighted by Crippen LogP contribution is -2.49. The molecule has 0 bridgehead atoms. The van der Waals surface area contributed by atoms with Crippen LogP contribution in [0, 0.1) is 6.92 Å². The van der Waals surface area contributed by atoms with Gasteiger partial charge in [0, 0.05) is 5.02 Å². The van der Waals surface area contributed by atoms with Gasteiger partial charge in [-0.1, -0.05) is 40.9 Å². The van der Waals surface area contributed by atoms with E-state index in [0.29, 0.717) is 10.8 Å². The van der Waals surface area contributed by atoms with E-state index < -0.39 is 11.8 Å². The molecule has 0 radical (unpaired) electrons. The smallest absolute Gasteiger partial charge is 0.271 e. The van der Waals surface area contributed by atoms with Crippen LogP contribution in [0.25, 0.3) is 0 Å². The van der Waals surface area contributed by atoms with Crippen LogP contribution in [0.5, 0.6) is 5.75 Å². The zero-order valence-corrected chi connectivity index (χ0v) is 16.0. The van der Waals surface area contributed by atoms with E-state index in [9.17, 15) is 9.59 Å². The molecule has 26 heavy (non-hydrogen) atoms. The lowest BCUT2D eigenvalue weighted by atomic mass is 10.2. The van der Waals surface area contributed by atoms with Crippen LogP contribution in [-0.4, -0.2) is 23.5 Å². The van der Waals surface area contributed by atoms with Crippen molar-refractivity contribution in [2.75, 3.05) is 6.61 Å². The van der Waals surface area contributed by atoms with Gasteiger partial charge in [0.25, 0.3) is 11.8 Å². The van der Waals surface area contributed by atoms with Crippen LogP contribution in [-0.2, 0) is 4.79 Å². The van der Waals surface area contributed by atoms with E-state index in [1.54, 1.807) is 12.1 Å². The third-order valence-electron chi connectivity index (χ3n) is 3.11. The molecule has 3 N–H and O–H groups in total. The summed E-state index contributed by atoms with van der Waals surface area (Å²) in [6.45, 7) is 1.73. The summed E-state index contributed by atoms with van der Waals surface area (Å²) in [6.07, 6.45) is 0. The second-order valence-electron chi connectivity index (χ2n) is 5.18. The molecule has 0 aliphatic heterocycles. The zero-order valence-electron chi connectivity index (χ0n) is 13.6. The minimum absolute atomic E-state index is 0.0825. The number of rotatable bonds is 4. The number of amides is 2. The maximum atomic E-state index is 12.0. The van der Waals surface area contributed by atoms with Gasteiger partial charge < -0.3 is 4.74 Å². The Morgan fingerprint density at radius 3 is 2.42 bits per heavy atom. The summed E-state index contributed by atoms with van der Waals surface area (Å²) in [5.41, 5.74) is 6.04. The molecule has 0 heterocycles. The van der Waals surface area contributed by atoms with Crippen molar-refractivity contribution in [3.63, 3.8) is 0 Å². The second kappa shape index (κ2) is 9.38. The highest BCUT2D eigenvalue weighted by Crippen LogP contribution is 2.20. The monoisotopic (exact) mass is 411 g/mol. The Morgan fingerprint density at radius 1 is 1.08 bits per heavy atom. The van der Waals surface area contributed by atoms with Crippen LogP contribution in [0.4, 0.5) is 0 Å². The van der Waals surface area contributed by atoms with Crippen molar-refractivity contribution < 1.29 is 14.3 Å². The van der Waals surface area contributed by atoms with Crippen molar-refractivity contribution in [1.82, 2.24) is 16.2 Å². The summed E-state index contributed by atoms with van der Waals surface area (Å²) in [4.78, 5) is 23.8. The zero-order chi connectivity index (χ0) is 19.1. The van der Waals surface area contributed by atoms with Crippen molar-refractivity contribution in [1.29, 1.82) is 0 Å². The van der Waals surface area contributed by atoms with Gasteiger partial charge in [-0.3, -0.25) is 25.8 Å². The molecular weight excluding hydrogens is 397 g/mol. The predicted octanol–water partition coefficient (Wildman–Crippen LogP) is 3.02. The number of halogens is 2. The average molecular weight is 412 g/mol. The average Bonchev–Trinajstić information content (AvgIpc) is 2.59. The number of thiocarbonyl (C=S) groups is 1. The molecule has 136 valence electrons. The van der Waals surface area contributed by atoms with Gasteiger partial charge in [-0.15, -0.1) is 0 Å². The van der Waals surface area contributed by atoms with Gasteiger partial charge in [0.15, 0.2) is 11.7 Å². The van der Waals surface area contributed by atoms with Crippen molar-refractivity contribution >= 4 is 52.3 Å². The molecule has 0 spiro atoms. The van der Waals surface area contributed by atoms with Gasteiger partial charge in [0.1, 0.15) is 5.75 Å². The molecule has 0 atom stereocenters. The highest BCUT2D eigenvalue weighted by molar-refractivity contribution is 7.80. The van der Waals surface area contributed by atoms with Crippen LogP contribution in [0.2, 0.25) is 10.0 Å². The number of aryl methyl sites for hydroxylation is 1. The van der Waals surface area contributed by atoms with E-state index >= 15 is 0 Å². The first kappa shape index (κ1) is 20.0. The van der Waals surface area contributed by atoms with Gasteiger partial charge in [0.05, 0.1) is 10.6 Å². The Morgan fingerprint density at radius 2 is 1.77 bits per heavy atom. The third kappa shape index (κ3) is 6.18. The number of nitrogens with one attached hydrogen (secondary N) is 3. The SMILES string of the molecule is Cc1ccc(OCC(=O)NC(=S)NNC(=O)c2ccc(Cl)cc2Cl)cc1. The van der Waals surface area contributed by atoms with Gasteiger partial charge in [-0.2, -0.15) is 0 Å². The summed E-state index contributed by atoms with van der Waals surface area (Å²) in [7, 11) is 0. The fourth-order valence-electron chi connectivity index (χ4n) is 1.83. The molecule has 2 rings (SSSR count). The van der Waals surface area contributed by atoms with Crippen molar-refractivity contribution in [3.05, 3.63) is 63.6 Å². The first-order chi connectivity index (χ1) is 12.3. The molecule has 6 nitrogen and oxygen atoms in total. The highest BCUT2D eigenvalue weighted by atomic mass is 35.5. The molecule has 0 saturated heterocycles. The molecule has 2 aromatic carbocycles. The molecule has 0 saturated carbocycles. The summed E-state index contributed by atoms with van der Waals surface area (Å²) in [5, 5.41) is 2.90. The van der Waals surface area contributed by atoms with E-state index in [-0.39, 0.29) is 22.3 Å². The van der Waals surface area contributed by atoms with E-state index in [2.05, 4.69) is 16.2 Å². The van der Waals surface area contributed by atoms with Crippen LogP contribution in [0.15, 0.2) is 42.5 Å². The molecule has 2 aromatic rings. The first-order valence-corrected chi connectivity index (χ1v) is 8.56. The van der Waals surface area contributed by atoms with Crippen LogP contribution < -0.4 is 20.9 Å². The Bertz CT molecular complexity index is 829. The minimum atomic E-state index is -0.529. The van der Waals surface area contributed by atoms with E-state index in [4.69, 9.17) is 40.2 Å². The Kier molecular flexibility index (Phi) is 7.20. The van der Waals surface area contributed by atoms with Crippen molar-refractivity contribution in [2.45, 2.75) is 6.92 Å². The molecule has 9 heteroatoms. The largest absolute Gasteiger partial charge is 0.484 e. The fourth-order valence-corrected chi connectivity index (χ4v) is 2.49. The van der Waals surface area contributed by atoms with E-state index in [0.717, 1.165) is 5.56 Å². The van der Waals surface area contributed by atoms with Gasteiger partial charge in [0.2, 0.25) is 0 Å². The van der Waals surface area contributed by atoms with Crippen molar-refractivity contribution in [2.24, 2.45) is 0 Å². The van der Waals surface area contributed by atoms with E-state index in [1.807, 2.05) is 19.1 Å². The first-order valence-electron chi connectivity index (χ1n) is 7.40. The molecule has 0 aliphatic rings. The van der Waals surface area contributed by atoms with Crippen LogP contribution in [0.3, 0.4) is 0 Å². The lowest BCUT2D eigenvalue weighted by molar-refractivity contribution is -0.121. The highest BCUT2D eigenvalue weighted by Gasteiger charge is 2.12. The normalized spacial score (nSPS) is 9.96. The number of hydrogen-bond donors (Lipinski definition) is 3. The fraction of sp³-hybridized carbons (Fsp3) is 0.118. The van der Waals surface area contributed by atoms with Gasteiger partial charge >= 0.3 is 0 Å². The number of carbonyl (C=O) groups is 2. The summed E-state index contributed by atoms with van der Waals surface area (Å²) in [6, 6.07) is 11.7. The molecular formula is C17H15Cl2N3O3S. The minimum Gasteiger partial charge on any atom is -0.484 e. The summed E-state index contributed by atoms with van der Waals surface area (Å²) in [5.74, 6) is -0.434. The van der Waals surface area contributed by atoms with Crippen molar-refractivity contribution in [3.8, 4) is 5.75 Å². The van der Waals surface area contributed by atoms with Gasteiger partial charge in [-0.05, 0) is 49.5 Å². The van der Waals surface area contributed by atoms with Gasteiger partial charge in [-0.25, -0.2) is 0 Å². The Balaban J connectivity index is 1.76. The number of hydrogen-bond acceptors (Lipinski definition) is 4. The molecule has 0 unspecified atom stereocenters. The summed E-state index contributed by atoms with van der Waals surface area (Å²) >= 11 is 16.7. The number of benzene rings is 2.